The summed E-state index contributed by atoms with van der Waals surface area (Å²) >= 11 is 5.37. The van der Waals surface area contributed by atoms with Crippen molar-refractivity contribution < 1.29 is 13.2 Å². The lowest BCUT2D eigenvalue weighted by atomic mass is 9.96. The molecular weight excluding hydrogens is 462 g/mol. The van der Waals surface area contributed by atoms with Crippen LogP contribution in [0.1, 0.15) is 22.7 Å². The van der Waals surface area contributed by atoms with Crippen LogP contribution in [-0.4, -0.2) is 4.98 Å². The van der Waals surface area contributed by atoms with Crippen LogP contribution in [0.5, 0.6) is 0 Å². The molecule has 112 valence electrons. The first-order chi connectivity index (χ1) is 9.84. The van der Waals surface area contributed by atoms with Gasteiger partial charge in [0.15, 0.2) is 0 Å². The third-order valence-corrected chi connectivity index (χ3v) is 4.38. The van der Waals surface area contributed by atoms with Gasteiger partial charge >= 0.3 is 6.18 Å². The van der Waals surface area contributed by atoms with Crippen molar-refractivity contribution in [1.29, 1.82) is 0 Å². The monoisotopic (exact) mass is 471 g/mol. The van der Waals surface area contributed by atoms with Gasteiger partial charge in [-0.15, -0.1) is 0 Å². The molecule has 1 unspecified atom stereocenters. The maximum atomic E-state index is 13.1. The fraction of sp³-hybridized carbons (Fsp3) is 0.154. The predicted molar refractivity (Wildman–Crippen MR) is 85.3 cm³/mol. The van der Waals surface area contributed by atoms with Crippen LogP contribution in [0.3, 0.4) is 0 Å². The second-order valence-electron chi connectivity index (χ2n) is 4.23. The third-order valence-electron chi connectivity index (χ3n) is 2.90. The van der Waals surface area contributed by atoms with Gasteiger partial charge < -0.3 is 0 Å². The van der Waals surface area contributed by atoms with Crippen LogP contribution in [0.4, 0.5) is 13.2 Å². The van der Waals surface area contributed by atoms with Gasteiger partial charge in [0.1, 0.15) is 0 Å². The number of hydrogen-bond acceptors (Lipinski definition) is 3. The molecule has 1 aromatic carbocycles. The zero-order chi connectivity index (χ0) is 15.6. The quantitative estimate of drug-likeness (QED) is 0.404. The standard InChI is InChI=1S/C13H10BrF3IN3/c14-7-1-2-11(18)8(5-7)12(21-19)9-6-20-4-3-10(9)13(15,16)17/h1-6,12,21H,19H2. The van der Waals surface area contributed by atoms with Gasteiger partial charge in [-0.25, -0.2) is 5.43 Å². The molecule has 0 bridgehead atoms. The molecule has 3 N–H and O–H groups in total. The molecule has 3 nitrogen and oxygen atoms in total. The van der Waals surface area contributed by atoms with E-state index >= 15 is 0 Å². The highest BCUT2D eigenvalue weighted by Gasteiger charge is 2.35. The Labute approximate surface area is 141 Å². The number of hydrazine groups is 1. The highest BCUT2D eigenvalue weighted by atomic mass is 127. The van der Waals surface area contributed by atoms with Crippen LogP contribution >= 0.6 is 38.5 Å². The summed E-state index contributed by atoms with van der Waals surface area (Å²) in [5, 5.41) is 0. The Morgan fingerprint density at radius 3 is 2.57 bits per heavy atom. The average Bonchev–Trinajstić information content (AvgIpc) is 2.43. The van der Waals surface area contributed by atoms with E-state index in [1.165, 1.54) is 6.20 Å². The Kier molecular flexibility index (Phi) is 5.23. The van der Waals surface area contributed by atoms with Crippen molar-refractivity contribution in [3.05, 3.63) is 61.4 Å². The summed E-state index contributed by atoms with van der Waals surface area (Å²) < 4.78 is 41.0. The van der Waals surface area contributed by atoms with Crippen LogP contribution in [0.25, 0.3) is 0 Å². The molecule has 1 heterocycles. The lowest BCUT2D eigenvalue weighted by molar-refractivity contribution is -0.138. The van der Waals surface area contributed by atoms with Gasteiger partial charge in [0.2, 0.25) is 0 Å². The highest BCUT2D eigenvalue weighted by molar-refractivity contribution is 14.1. The van der Waals surface area contributed by atoms with Gasteiger partial charge in [-0.1, -0.05) is 15.9 Å². The molecule has 0 saturated heterocycles. The SMILES string of the molecule is NNC(c1cc(Br)ccc1I)c1cnccc1C(F)(F)F. The third kappa shape index (κ3) is 3.74. The Bertz CT molecular complexity index is 649. The summed E-state index contributed by atoms with van der Waals surface area (Å²) in [6.45, 7) is 0. The highest BCUT2D eigenvalue weighted by Crippen LogP contribution is 2.37. The zero-order valence-electron chi connectivity index (χ0n) is 10.5. The van der Waals surface area contributed by atoms with Crippen LogP contribution in [-0.2, 0) is 6.18 Å². The maximum Gasteiger partial charge on any atom is 0.416 e. The number of hydrogen-bond donors (Lipinski definition) is 2. The van der Waals surface area contributed by atoms with Gasteiger partial charge in [-0.2, -0.15) is 13.2 Å². The van der Waals surface area contributed by atoms with Crippen molar-refractivity contribution in [1.82, 2.24) is 10.4 Å². The fourth-order valence-corrected chi connectivity index (χ4v) is 3.00. The van der Waals surface area contributed by atoms with E-state index in [4.69, 9.17) is 5.84 Å². The minimum atomic E-state index is -4.47. The molecule has 2 rings (SSSR count). The van der Waals surface area contributed by atoms with Crippen LogP contribution in [0.15, 0.2) is 41.1 Å². The van der Waals surface area contributed by atoms with Gasteiger partial charge in [0, 0.05) is 26.0 Å². The van der Waals surface area contributed by atoms with Crippen molar-refractivity contribution in [2.24, 2.45) is 5.84 Å². The van der Waals surface area contributed by atoms with Crippen molar-refractivity contribution in [3.63, 3.8) is 0 Å². The van der Waals surface area contributed by atoms with E-state index in [0.717, 1.165) is 20.3 Å². The molecule has 1 aromatic heterocycles. The predicted octanol–water partition coefficient (Wildman–Crippen LogP) is 4.02. The molecule has 0 spiro atoms. The number of nitrogens with one attached hydrogen (secondary N) is 1. The molecule has 0 aliphatic carbocycles. The van der Waals surface area contributed by atoms with Crippen molar-refractivity contribution in [2.45, 2.75) is 12.2 Å². The second kappa shape index (κ2) is 6.59. The van der Waals surface area contributed by atoms with Crippen LogP contribution in [0.2, 0.25) is 0 Å². The molecule has 0 aliphatic heterocycles. The number of halogens is 5. The normalized spacial score (nSPS) is 13.2. The molecular formula is C13H10BrF3IN3. The fourth-order valence-electron chi connectivity index (χ4n) is 1.98. The summed E-state index contributed by atoms with van der Waals surface area (Å²) in [5.74, 6) is 5.50. The molecule has 0 fully saturated rings. The van der Waals surface area contributed by atoms with Crippen LogP contribution < -0.4 is 11.3 Å². The smallest absolute Gasteiger partial charge is 0.271 e. The first-order valence-electron chi connectivity index (χ1n) is 5.76. The van der Waals surface area contributed by atoms with E-state index < -0.39 is 17.8 Å². The Morgan fingerprint density at radius 2 is 1.95 bits per heavy atom. The average molecular weight is 472 g/mol. The first kappa shape index (κ1) is 16.7. The van der Waals surface area contributed by atoms with Crippen molar-refractivity contribution in [3.8, 4) is 0 Å². The second-order valence-corrected chi connectivity index (χ2v) is 6.30. The molecule has 0 amide bonds. The van der Waals surface area contributed by atoms with E-state index in [-0.39, 0.29) is 5.56 Å². The van der Waals surface area contributed by atoms with Crippen molar-refractivity contribution >= 4 is 38.5 Å². The summed E-state index contributed by atoms with van der Waals surface area (Å²) in [5.41, 5.74) is 2.33. The molecule has 0 saturated carbocycles. The van der Waals surface area contributed by atoms with E-state index in [1.54, 1.807) is 12.1 Å². The summed E-state index contributed by atoms with van der Waals surface area (Å²) in [6.07, 6.45) is -2.17. The number of benzene rings is 1. The molecule has 0 aliphatic rings. The van der Waals surface area contributed by atoms with E-state index in [1.807, 2.05) is 6.07 Å². The maximum absolute atomic E-state index is 13.1. The van der Waals surface area contributed by atoms with Gasteiger partial charge in [0.25, 0.3) is 0 Å². The van der Waals surface area contributed by atoms with E-state index in [2.05, 4.69) is 48.9 Å². The zero-order valence-corrected chi connectivity index (χ0v) is 14.2. The van der Waals surface area contributed by atoms with Gasteiger partial charge in [-0.05, 0) is 52.4 Å². The topological polar surface area (TPSA) is 50.9 Å². The molecule has 0 radical (unpaired) electrons. The van der Waals surface area contributed by atoms with Crippen LogP contribution in [0, 0.1) is 3.57 Å². The number of rotatable bonds is 3. The van der Waals surface area contributed by atoms with E-state index in [0.29, 0.717) is 5.56 Å². The molecule has 2 aromatic rings. The number of pyridine rings is 1. The number of nitrogens with two attached hydrogens (primary N) is 1. The van der Waals surface area contributed by atoms with E-state index in [9.17, 15) is 13.2 Å². The first-order valence-corrected chi connectivity index (χ1v) is 7.64. The van der Waals surface area contributed by atoms with Crippen molar-refractivity contribution in [2.75, 3.05) is 0 Å². The summed E-state index contributed by atoms with van der Waals surface area (Å²) in [4.78, 5) is 3.80. The number of alkyl halides is 3. The van der Waals surface area contributed by atoms with Gasteiger partial charge in [0.05, 0.1) is 11.6 Å². The lowest BCUT2D eigenvalue weighted by Gasteiger charge is -2.22. The molecule has 8 heteroatoms. The minimum absolute atomic E-state index is 0.0106. The number of aromatic nitrogens is 1. The Balaban J connectivity index is 2.60. The summed E-state index contributed by atoms with van der Waals surface area (Å²) in [7, 11) is 0. The summed E-state index contributed by atoms with van der Waals surface area (Å²) in [6, 6.07) is 5.49. The lowest BCUT2D eigenvalue weighted by Crippen LogP contribution is -2.31. The number of nitrogens with zero attached hydrogens (tertiary/aromatic N) is 1. The van der Waals surface area contributed by atoms with Gasteiger partial charge in [-0.3, -0.25) is 10.8 Å². The minimum Gasteiger partial charge on any atom is -0.271 e. The Hall–Kier alpha value is -0.710. The molecule has 1 atom stereocenters. The Morgan fingerprint density at radius 1 is 1.24 bits per heavy atom. The molecule has 21 heavy (non-hydrogen) atoms. The largest absolute Gasteiger partial charge is 0.416 e.